The van der Waals surface area contributed by atoms with Crippen molar-refractivity contribution in [3.63, 3.8) is 0 Å². The molecule has 4 rings (SSSR count). The number of aryl methyl sites for hydroxylation is 1. The maximum atomic E-state index is 14.8. The number of nitrogens with zero attached hydrogens (tertiary/aromatic N) is 6. The molecule has 0 unspecified atom stereocenters. The SMILES string of the molecule is CN(C)C(=O)c1cc2n(n1)CCCCN(c1nc(Cl)nc3c(F)c(Br)c(Cl)cc13)C2. The Morgan fingerprint density at radius 1 is 1.20 bits per heavy atom. The minimum atomic E-state index is -0.584. The van der Waals surface area contributed by atoms with Crippen molar-refractivity contribution < 1.29 is 9.18 Å². The summed E-state index contributed by atoms with van der Waals surface area (Å²) >= 11 is 15.5. The molecule has 3 aromatic rings. The molecular weight excluding hydrogens is 498 g/mol. The van der Waals surface area contributed by atoms with Gasteiger partial charge in [0, 0.05) is 32.6 Å². The van der Waals surface area contributed by atoms with E-state index >= 15 is 0 Å². The topological polar surface area (TPSA) is 67.2 Å². The molecule has 0 spiro atoms. The molecule has 158 valence electrons. The van der Waals surface area contributed by atoms with Gasteiger partial charge in [-0.3, -0.25) is 9.48 Å². The van der Waals surface area contributed by atoms with Gasteiger partial charge in [0.05, 0.1) is 21.7 Å². The first kappa shape index (κ1) is 21.3. The highest BCUT2D eigenvalue weighted by atomic mass is 79.9. The minimum absolute atomic E-state index is 0.0512. The Balaban J connectivity index is 1.81. The molecule has 7 nitrogen and oxygen atoms in total. The van der Waals surface area contributed by atoms with Gasteiger partial charge in [-0.1, -0.05) is 11.6 Å². The van der Waals surface area contributed by atoms with Crippen molar-refractivity contribution >= 4 is 61.8 Å². The van der Waals surface area contributed by atoms with E-state index in [4.69, 9.17) is 23.2 Å². The lowest BCUT2D eigenvalue weighted by atomic mass is 10.1. The van der Waals surface area contributed by atoms with Crippen molar-refractivity contribution in [2.24, 2.45) is 0 Å². The Bertz CT molecular complexity index is 1150. The molecule has 11 heteroatoms. The van der Waals surface area contributed by atoms with E-state index in [0.29, 0.717) is 30.0 Å². The lowest BCUT2D eigenvalue weighted by Gasteiger charge is -2.27. The smallest absolute Gasteiger partial charge is 0.273 e. The second-order valence-electron chi connectivity index (χ2n) is 7.27. The van der Waals surface area contributed by atoms with E-state index in [2.05, 4.69) is 31.0 Å². The van der Waals surface area contributed by atoms with Crippen LogP contribution in [-0.4, -0.2) is 51.2 Å². The number of anilines is 1. The summed E-state index contributed by atoms with van der Waals surface area (Å²) in [5.74, 6) is -0.248. The number of aromatic nitrogens is 4. The Labute approximate surface area is 190 Å². The molecule has 0 fully saturated rings. The molecule has 0 saturated carbocycles. The second-order valence-corrected chi connectivity index (χ2v) is 8.81. The summed E-state index contributed by atoms with van der Waals surface area (Å²) in [6.07, 6.45) is 1.74. The third-order valence-electron chi connectivity index (χ3n) is 4.97. The minimum Gasteiger partial charge on any atom is -0.350 e. The molecule has 0 aliphatic carbocycles. The van der Waals surface area contributed by atoms with Gasteiger partial charge in [-0.2, -0.15) is 10.1 Å². The average molecular weight is 516 g/mol. The zero-order valence-corrected chi connectivity index (χ0v) is 19.4. The van der Waals surface area contributed by atoms with E-state index in [0.717, 1.165) is 25.1 Å². The summed E-state index contributed by atoms with van der Waals surface area (Å²) in [6.45, 7) is 1.84. The van der Waals surface area contributed by atoms with Gasteiger partial charge in [0.1, 0.15) is 11.3 Å². The van der Waals surface area contributed by atoms with Gasteiger partial charge in [-0.05, 0) is 52.5 Å². The van der Waals surface area contributed by atoms with Gasteiger partial charge in [-0.25, -0.2) is 9.37 Å². The van der Waals surface area contributed by atoms with Crippen molar-refractivity contribution in [2.45, 2.75) is 25.9 Å². The number of fused-ring (bicyclic) bond motifs is 2. The van der Waals surface area contributed by atoms with Crippen LogP contribution in [0.4, 0.5) is 10.2 Å². The van der Waals surface area contributed by atoms with E-state index < -0.39 is 5.82 Å². The number of carbonyl (C=O) groups excluding carboxylic acids is 1. The molecule has 3 heterocycles. The molecule has 1 aliphatic heterocycles. The highest BCUT2D eigenvalue weighted by Gasteiger charge is 2.24. The Morgan fingerprint density at radius 3 is 2.67 bits per heavy atom. The fourth-order valence-electron chi connectivity index (χ4n) is 3.50. The molecule has 0 atom stereocenters. The molecule has 0 N–H and O–H groups in total. The standard InChI is InChI=1S/C19H18BrCl2FN6O/c1-27(2)18(30)13-7-10-9-28(5-3-4-6-29(10)26-13)17-11-8-12(21)14(20)15(23)16(11)24-19(22)25-17/h7-8H,3-6,9H2,1-2H3. The summed E-state index contributed by atoms with van der Waals surface area (Å²) in [7, 11) is 3.38. The van der Waals surface area contributed by atoms with Crippen LogP contribution in [0.1, 0.15) is 29.0 Å². The monoisotopic (exact) mass is 514 g/mol. The van der Waals surface area contributed by atoms with Crippen molar-refractivity contribution in [1.29, 1.82) is 0 Å². The molecule has 0 bridgehead atoms. The summed E-state index contributed by atoms with van der Waals surface area (Å²) in [6, 6.07) is 3.42. The molecule has 0 radical (unpaired) electrons. The number of rotatable bonds is 2. The van der Waals surface area contributed by atoms with Crippen LogP contribution in [-0.2, 0) is 13.1 Å². The largest absolute Gasteiger partial charge is 0.350 e. The van der Waals surface area contributed by atoms with Gasteiger partial charge in [-0.15, -0.1) is 0 Å². The van der Waals surface area contributed by atoms with Crippen molar-refractivity contribution in [3.8, 4) is 0 Å². The lowest BCUT2D eigenvalue weighted by Crippen LogP contribution is -2.29. The van der Waals surface area contributed by atoms with E-state index in [1.165, 1.54) is 4.90 Å². The van der Waals surface area contributed by atoms with Crippen LogP contribution in [0, 0.1) is 5.82 Å². The normalized spacial score (nSPS) is 14.4. The van der Waals surface area contributed by atoms with Crippen molar-refractivity contribution in [1.82, 2.24) is 24.6 Å². The van der Waals surface area contributed by atoms with Crippen LogP contribution in [0.2, 0.25) is 10.3 Å². The van der Waals surface area contributed by atoms with E-state index in [1.54, 1.807) is 26.2 Å². The quantitative estimate of drug-likeness (QED) is 0.370. The number of amides is 1. The van der Waals surface area contributed by atoms with Crippen LogP contribution in [0.3, 0.4) is 0 Å². The van der Waals surface area contributed by atoms with Crippen LogP contribution >= 0.6 is 39.1 Å². The fourth-order valence-corrected chi connectivity index (χ4v) is 4.16. The highest BCUT2D eigenvalue weighted by molar-refractivity contribution is 9.10. The first-order valence-electron chi connectivity index (χ1n) is 9.30. The van der Waals surface area contributed by atoms with Gasteiger partial charge in [0.15, 0.2) is 11.5 Å². The molecular formula is C19H18BrCl2FN6O. The second kappa shape index (κ2) is 8.28. The number of benzene rings is 1. The van der Waals surface area contributed by atoms with Gasteiger partial charge in [0.25, 0.3) is 5.91 Å². The maximum Gasteiger partial charge on any atom is 0.273 e. The third kappa shape index (κ3) is 3.86. The zero-order chi connectivity index (χ0) is 21.6. The predicted molar refractivity (Wildman–Crippen MR) is 118 cm³/mol. The zero-order valence-electron chi connectivity index (χ0n) is 16.3. The van der Waals surface area contributed by atoms with E-state index in [-0.39, 0.29) is 26.2 Å². The highest BCUT2D eigenvalue weighted by Crippen LogP contribution is 2.36. The fraction of sp³-hybridized carbons (Fsp3) is 0.368. The molecule has 2 aromatic heterocycles. The Kier molecular flexibility index (Phi) is 5.87. The summed E-state index contributed by atoms with van der Waals surface area (Å²) in [5.41, 5.74) is 1.35. The molecule has 1 aromatic carbocycles. The van der Waals surface area contributed by atoms with E-state index in [1.807, 2.05) is 9.58 Å². The first-order valence-corrected chi connectivity index (χ1v) is 10.8. The van der Waals surface area contributed by atoms with Crippen LogP contribution < -0.4 is 4.90 Å². The van der Waals surface area contributed by atoms with Gasteiger partial charge in [0.2, 0.25) is 5.28 Å². The van der Waals surface area contributed by atoms with Gasteiger partial charge < -0.3 is 9.80 Å². The van der Waals surface area contributed by atoms with E-state index in [9.17, 15) is 9.18 Å². The molecule has 30 heavy (non-hydrogen) atoms. The van der Waals surface area contributed by atoms with Gasteiger partial charge >= 0.3 is 0 Å². The summed E-state index contributed by atoms with van der Waals surface area (Å²) < 4.78 is 16.8. The third-order valence-corrected chi connectivity index (χ3v) is 6.44. The number of hydrogen-bond acceptors (Lipinski definition) is 5. The number of hydrogen-bond donors (Lipinski definition) is 0. The summed E-state index contributed by atoms with van der Waals surface area (Å²) in [4.78, 5) is 24.3. The number of carbonyl (C=O) groups is 1. The average Bonchev–Trinajstić information content (AvgIpc) is 3.07. The molecule has 0 saturated heterocycles. The number of halogens is 4. The Hall–Kier alpha value is -1.97. The van der Waals surface area contributed by atoms with Crippen LogP contribution in [0.25, 0.3) is 10.9 Å². The van der Waals surface area contributed by atoms with Crippen molar-refractivity contribution in [3.05, 3.63) is 44.1 Å². The van der Waals surface area contributed by atoms with Crippen LogP contribution in [0.5, 0.6) is 0 Å². The Morgan fingerprint density at radius 2 is 1.93 bits per heavy atom. The summed E-state index contributed by atoms with van der Waals surface area (Å²) in [5, 5.41) is 5.12. The maximum absolute atomic E-state index is 14.8. The van der Waals surface area contributed by atoms with Crippen molar-refractivity contribution in [2.75, 3.05) is 25.5 Å². The van der Waals surface area contributed by atoms with Crippen LogP contribution in [0.15, 0.2) is 16.6 Å². The first-order chi connectivity index (χ1) is 14.3. The lowest BCUT2D eigenvalue weighted by molar-refractivity contribution is 0.0821. The molecule has 1 amide bonds. The molecule has 1 aliphatic rings. The predicted octanol–water partition coefficient (Wildman–Crippen LogP) is 4.54.